The number of morpholine rings is 1. The van der Waals surface area contributed by atoms with Gasteiger partial charge < -0.3 is 19.9 Å². The zero-order chi connectivity index (χ0) is 22.5. The van der Waals surface area contributed by atoms with E-state index in [1.54, 1.807) is 0 Å². The van der Waals surface area contributed by atoms with Gasteiger partial charge in [0.25, 0.3) is 0 Å². The van der Waals surface area contributed by atoms with E-state index in [1.165, 1.54) is 16.5 Å². The topological polar surface area (TPSA) is 57.4 Å². The summed E-state index contributed by atoms with van der Waals surface area (Å²) in [5.74, 6) is 0.210. The summed E-state index contributed by atoms with van der Waals surface area (Å²) >= 11 is 0. The minimum Gasteiger partial charge on any atom is -0.378 e. The van der Waals surface area contributed by atoms with Gasteiger partial charge in [-0.05, 0) is 22.8 Å². The standard InChI is InChI=1S/C28H29N3O2/c32-28(31-15-17-33-18-16-31)27(22-11-5-2-6-12-22)30-19-24(21-9-3-1-4-10-21)25-20-29-26-14-8-7-13-23(25)26/h1-14,20,24,27,29-30H,15-19H2. The van der Waals surface area contributed by atoms with Gasteiger partial charge in [-0.2, -0.15) is 0 Å². The highest BCUT2D eigenvalue weighted by atomic mass is 16.5. The maximum atomic E-state index is 13.5. The van der Waals surface area contributed by atoms with Crippen molar-refractivity contribution in [1.82, 2.24) is 15.2 Å². The van der Waals surface area contributed by atoms with E-state index < -0.39 is 6.04 Å². The molecule has 2 N–H and O–H groups in total. The molecule has 0 saturated carbocycles. The van der Waals surface area contributed by atoms with Crippen LogP contribution < -0.4 is 5.32 Å². The Morgan fingerprint density at radius 1 is 0.879 bits per heavy atom. The number of carbonyl (C=O) groups excluding carboxylic acids is 1. The van der Waals surface area contributed by atoms with Crippen LogP contribution >= 0.6 is 0 Å². The molecule has 2 heterocycles. The van der Waals surface area contributed by atoms with Gasteiger partial charge in [-0.15, -0.1) is 0 Å². The molecule has 1 aliphatic heterocycles. The number of ether oxygens (including phenoxy) is 1. The number of rotatable bonds is 7. The number of benzene rings is 3. The number of carbonyl (C=O) groups is 1. The van der Waals surface area contributed by atoms with E-state index >= 15 is 0 Å². The number of hydrogen-bond acceptors (Lipinski definition) is 3. The van der Waals surface area contributed by atoms with Crippen LogP contribution in [0, 0.1) is 0 Å². The third-order valence-electron chi connectivity index (χ3n) is 6.43. The largest absolute Gasteiger partial charge is 0.378 e. The number of nitrogens with one attached hydrogen (secondary N) is 2. The van der Waals surface area contributed by atoms with Gasteiger partial charge in [0.1, 0.15) is 6.04 Å². The van der Waals surface area contributed by atoms with Crippen molar-refractivity contribution in [2.75, 3.05) is 32.8 Å². The van der Waals surface area contributed by atoms with Crippen LogP contribution in [0.5, 0.6) is 0 Å². The molecule has 1 amide bonds. The van der Waals surface area contributed by atoms with Crippen LogP contribution in [-0.4, -0.2) is 48.6 Å². The molecule has 1 aliphatic rings. The summed E-state index contributed by atoms with van der Waals surface area (Å²) in [4.78, 5) is 18.9. The van der Waals surface area contributed by atoms with Crippen LogP contribution in [0.25, 0.3) is 10.9 Å². The van der Waals surface area contributed by atoms with Crippen molar-refractivity contribution in [3.63, 3.8) is 0 Å². The zero-order valence-electron chi connectivity index (χ0n) is 18.6. The van der Waals surface area contributed by atoms with Gasteiger partial charge in [0.2, 0.25) is 5.91 Å². The number of fused-ring (bicyclic) bond motifs is 1. The average Bonchev–Trinajstić information content (AvgIpc) is 3.32. The smallest absolute Gasteiger partial charge is 0.244 e. The maximum absolute atomic E-state index is 13.5. The van der Waals surface area contributed by atoms with E-state index in [4.69, 9.17) is 4.74 Å². The molecular weight excluding hydrogens is 410 g/mol. The Labute approximate surface area is 194 Å². The Balaban J connectivity index is 1.46. The van der Waals surface area contributed by atoms with Gasteiger partial charge in [-0.25, -0.2) is 0 Å². The molecule has 0 radical (unpaired) electrons. The predicted octanol–water partition coefficient (Wildman–Crippen LogP) is 4.49. The predicted molar refractivity (Wildman–Crippen MR) is 131 cm³/mol. The number of nitrogens with zero attached hydrogens (tertiary/aromatic N) is 1. The highest BCUT2D eigenvalue weighted by Gasteiger charge is 2.28. The summed E-state index contributed by atoms with van der Waals surface area (Å²) in [5, 5.41) is 4.85. The van der Waals surface area contributed by atoms with Crippen LogP contribution in [0.4, 0.5) is 0 Å². The fraction of sp³-hybridized carbons (Fsp3) is 0.250. The molecule has 3 aromatic carbocycles. The third-order valence-corrected chi connectivity index (χ3v) is 6.43. The molecule has 5 nitrogen and oxygen atoms in total. The summed E-state index contributed by atoms with van der Waals surface area (Å²) in [6.07, 6.45) is 2.10. The Hall–Kier alpha value is -3.41. The molecule has 2 atom stereocenters. The van der Waals surface area contributed by atoms with Crippen molar-refractivity contribution < 1.29 is 9.53 Å². The first kappa shape index (κ1) is 21.4. The molecule has 1 aromatic heterocycles. The first-order valence-electron chi connectivity index (χ1n) is 11.6. The minimum absolute atomic E-state index is 0.103. The first-order chi connectivity index (χ1) is 16.3. The van der Waals surface area contributed by atoms with Crippen molar-refractivity contribution in [1.29, 1.82) is 0 Å². The lowest BCUT2D eigenvalue weighted by atomic mass is 9.90. The van der Waals surface area contributed by atoms with Crippen molar-refractivity contribution in [3.05, 3.63) is 108 Å². The average molecular weight is 440 g/mol. The zero-order valence-corrected chi connectivity index (χ0v) is 18.6. The van der Waals surface area contributed by atoms with Crippen molar-refractivity contribution in [2.24, 2.45) is 0 Å². The van der Waals surface area contributed by atoms with Gasteiger partial charge in [-0.3, -0.25) is 4.79 Å². The molecule has 0 spiro atoms. The maximum Gasteiger partial charge on any atom is 0.244 e. The quantitative estimate of drug-likeness (QED) is 0.446. The summed E-state index contributed by atoms with van der Waals surface area (Å²) in [7, 11) is 0. The van der Waals surface area contributed by atoms with E-state index in [1.807, 2.05) is 47.4 Å². The Morgan fingerprint density at radius 3 is 2.24 bits per heavy atom. The third kappa shape index (κ3) is 4.70. The molecule has 33 heavy (non-hydrogen) atoms. The van der Waals surface area contributed by atoms with Crippen LogP contribution in [0.3, 0.4) is 0 Å². The molecule has 4 aromatic rings. The number of amides is 1. The summed E-state index contributed by atoms with van der Waals surface area (Å²) in [6.45, 7) is 3.09. The molecule has 168 valence electrons. The summed E-state index contributed by atoms with van der Waals surface area (Å²) < 4.78 is 5.46. The van der Waals surface area contributed by atoms with Gasteiger partial charge in [0, 0.05) is 42.7 Å². The lowest BCUT2D eigenvalue weighted by Crippen LogP contribution is -2.47. The molecule has 2 unspecified atom stereocenters. The number of aromatic nitrogens is 1. The number of H-pyrrole nitrogens is 1. The molecule has 5 heteroatoms. The molecule has 1 saturated heterocycles. The second kappa shape index (κ2) is 10.0. The molecule has 0 bridgehead atoms. The lowest BCUT2D eigenvalue weighted by Gasteiger charge is -2.32. The number of hydrogen-bond donors (Lipinski definition) is 2. The molecular formula is C28H29N3O2. The van der Waals surface area contributed by atoms with Crippen LogP contribution in [0.15, 0.2) is 91.1 Å². The van der Waals surface area contributed by atoms with Gasteiger partial charge in [0.05, 0.1) is 13.2 Å². The normalized spacial score (nSPS) is 15.9. The van der Waals surface area contributed by atoms with Crippen molar-refractivity contribution >= 4 is 16.8 Å². The fourth-order valence-corrected chi connectivity index (χ4v) is 4.67. The first-order valence-corrected chi connectivity index (χ1v) is 11.6. The molecule has 1 fully saturated rings. The van der Waals surface area contributed by atoms with E-state index in [0.717, 1.165) is 11.1 Å². The van der Waals surface area contributed by atoms with Crippen molar-refractivity contribution in [2.45, 2.75) is 12.0 Å². The van der Waals surface area contributed by atoms with E-state index in [2.05, 4.69) is 59.0 Å². The summed E-state index contributed by atoms with van der Waals surface area (Å²) in [5.41, 5.74) is 4.56. The lowest BCUT2D eigenvalue weighted by molar-refractivity contribution is -0.137. The Bertz CT molecular complexity index is 1180. The highest BCUT2D eigenvalue weighted by Crippen LogP contribution is 2.31. The van der Waals surface area contributed by atoms with Gasteiger partial charge >= 0.3 is 0 Å². The van der Waals surface area contributed by atoms with Crippen LogP contribution in [-0.2, 0) is 9.53 Å². The van der Waals surface area contributed by atoms with E-state index in [-0.39, 0.29) is 11.8 Å². The second-order valence-electron chi connectivity index (χ2n) is 8.44. The van der Waals surface area contributed by atoms with Gasteiger partial charge in [0.15, 0.2) is 0 Å². The van der Waals surface area contributed by atoms with Crippen LogP contribution in [0.1, 0.15) is 28.7 Å². The second-order valence-corrected chi connectivity index (χ2v) is 8.44. The Kier molecular flexibility index (Phi) is 6.51. The minimum atomic E-state index is -0.402. The monoisotopic (exact) mass is 439 g/mol. The SMILES string of the molecule is O=C(C(NCC(c1ccccc1)c1c[nH]c2ccccc12)c1ccccc1)N1CCOCC1. The molecule has 5 rings (SSSR count). The summed E-state index contributed by atoms with van der Waals surface area (Å²) in [6, 6.07) is 28.5. The highest BCUT2D eigenvalue weighted by molar-refractivity contribution is 5.85. The Morgan fingerprint density at radius 2 is 1.52 bits per heavy atom. The fourth-order valence-electron chi connectivity index (χ4n) is 4.67. The van der Waals surface area contributed by atoms with Crippen molar-refractivity contribution in [3.8, 4) is 0 Å². The van der Waals surface area contributed by atoms with E-state index in [9.17, 15) is 4.79 Å². The van der Waals surface area contributed by atoms with E-state index in [0.29, 0.717) is 32.8 Å². The molecule has 0 aliphatic carbocycles. The number of aromatic amines is 1. The number of para-hydroxylation sites is 1. The van der Waals surface area contributed by atoms with Crippen LogP contribution in [0.2, 0.25) is 0 Å². The van der Waals surface area contributed by atoms with Gasteiger partial charge in [-0.1, -0.05) is 78.9 Å².